The highest BCUT2D eigenvalue weighted by Gasteiger charge is 2.37. The number of oxime groups is 1. The maximum atomic E-state index is 12.3. The predicted octanol–water partition coefficient (Wildman–Crippen LogP) is 2.90. The number of allylic oxidation sites excluding steroid dienone is 4. The van der Waals surface area contributed by atoms with Gasteiger partial charge in [-0.3, -0.25) is 0 Å². The van der Waals surface area contributed by atoms with Crippen LogP contribution < -0.4 is 0 Å². The molecule has 0 aliphatic heterocycles. The van der Waals surface area contributed by atoms with Crippen molar-refractivity contribution in [3.8, 4) is 0 Å². The van der Waals surface area contributed by atoms with Gasteiger partial charge < -0.3 is 5.21 Å². The van der Waals surface area contributed by atoms with E-state index in [0.717, 1.165) is 12.3 Å². The van der Waals surface area contributed by atoms with E-state index in [9.17, 15) is 13.2 Å². The average molecular weight is 205 g/mol. The SMILES string of the molecule is CC1CC(/C=N/O)=CC=C1C(F)(F)F. The molecule has 1 rings (SSSR count). The fourth-order valence-corrected chi connectivity index (χ4v) is 1.44. The monoisotopic (exact) mass is 205 g/mol. The fraction of sp³-hybridized carbons (Fsp3) is 0.444. The van der Waals surface area contributed by atoms with Gasteiger partial charge in [-0.25, -0.2) is 0 Å². The van der Waals surface area contributed by atoms with Crippen molar-refractivity contribution < 1.29 is 18.4 Å². The van der Waals surface area contributed by atoms with Crippen LogP contribution in [0, 0.1) is 5.92 Å². The summed E-state index contributed by atoms with van der Waals surface area (Å²) in [6, 6.07) is 0. The quantitative estimate of drug-likeness (QED) is 0.398. The summed E-state index contributed by atoms with van der Waals surface area (Å²) in [7, 11) is 0. The summed E-state index contributed by atoms with van der Waals surface area (Å²) in [5, 5.41) is 11.0. The van der Waals surface area contributed by atoms with E-state index in [1.807, 2.05) is 0 Å². The van der Waals surface area contributed by atoms with Gasteiger partial charge in [-0.05, 0) is 17.9 Å². The van der Waals surface area contributed by atoms with E-state index >= 15 is 0 Å². The Morgan fingerprint density at radius 1 is 1.50 bits per heavy atom. The average Bonchev–Trinajstić information content (AvgIpc) is 2.02. The minimum atomic E-state index is -4.27. The van der Waals surface area contributed by atoms with Crippen molar-refractivity contribution >= 4 is 6.21 Å². The fourth-order valence-electron chi connectivity index (χ4n) is 1.44. The molecule has 1 atom stereocenters. The summed E-state index contributed by atoms with van der Waals surface area (Å²) < 4.78 is 37.0. The molecule has 78 valence electrons. The summed E-state index contributed by atoms with van der Waals surface area (Å²) in [5.74, 6) is -0.590. The van der Waals surface area contributed by atoms with E-state index in [1.165, 1.54) is 13.0 Å². The lowest BCUT2D eigenvalue weighted by Gasteiger charge is -2.21. The molecule has 0 aromatic rings. The lowest BCUT2D eigenvalue weighted by molar-refractivity contribution is -0.0984. The molecule has 1 aliphatic rings. The Labute approximate surface area is 79.4 Å². The zero-order valence-electron chi connectivity index (χ0n) is 7.54. The Hall–Kier alpha value is -1.26. The molecule has 0 saturated carbocycles. The molecule has 1 aliphatic carbocycles. The van der Waals surface area contributed by atoms with Crippen LogP contribution in [0.3, 0.4) is 0 Å². The molecule has 0 aromatic heterocycles. The minimum Gasteiger partial charge on any atom is -0.411 e. The van der Waals surface area contributed by atoms with Crippen molar-refractivity contribution in [1.29, 1.82) is 0 Å². The standard InChI is InChI=1S/C9H10F3NO/c1-6-4-7(5-13-14)2-3-8(6)9(10,11)12/h2-3,5-6,14H,4H2,1H3/b13-5+. The predicted molar refractivity (Wildman–Crippen MR) is 46.3 cm³/mol. The minimum absolute atomic E-state index is 0.245. The van der Waals surface area contributed by atoms with Crippen LogP contribution in [0.5, 0.6) is 0 Å². The van der Waals surface area contributed by atoms with Gasteiger partial charge in [0.15, 0.2) is 0 Å². The van der Waals surface area contributed by atoms with E-state index in [2.05, 4.69) is 5.16 Å². The third-order valence-corrected chi connectivity index (χ3v) is 2.10. The van der Waals surface area contributed by atoms with Gasteiger partial charge >= 0.3 is 6.18 Å². The lowest BCUT2D eigenvalue weighted by Crippen LogP contribution is -2.20. The van der Waals surface area contributed by atoms with Crippen molar-refractivity contribution in [1.82, 2.24) is 0 Å². The Balaban J connectivity index is 2.91. The van der Waals surface area contributed by atoms with Crippen molar-refractivity contribution in [3.05, 3.63) is 23.3 Å². The first-order valence-corrected chi connectivity index (χ1v) is 4.10. The summed E-state index contributed by atoms with van der Waals surface area (Å²) >= 11 is 0. The van der Waals surface area contributed by atoms with E-state index in [-0.39, 0.29) is 6.42 Å². The molecule has 1 N–H and O–H groups in total. The first-order chi connectivity index (χ1) is 6.45. The smallest absolute Gasteiger partial charge is 0.411 e. The number of hydrogen-bond acceptors (Lipinski definition) is 2. The molecule has 0 amide bonds. The maximum Gasteiger partial charge on any atom is 0.412 e. The summed E-state index contributed by atoms with van der Waals surface area (Å²) in [4.78, 5) is 0. The zero-order valence-corrected chi connectivity index (χ0v) is 7.54. The second kappa shape index (κ2) is 3.86. The van der Waals surface area contributed by atoms with Gasteiger partial charge in [0.1, 0.15) is 0 Å². The number of rotatable bonds is 1. The van der Waals surface area contributed by atoms with E-state index in [4.69, 9.17) is 5.21 Å². The Morgan fingerprint density at radius 2 is 2.14 bits per heavy atom. The van der Waals surface area contributed by atoms with Gasteiger partial charge in [-0.1, -0.05) is 24.2 Å². The van der Waals surface area contributed by atoms with Gasteiger partial charge in [0.05, 0.1) is 6.21 Å². The highest BCUT2D eigenvalue weighted by Crippen LogP contribution is 2.36. The van der Waals surface area contributed by atoms with Crippen molar-refractivity contribution in [2.45, 2.75) is 19.5 Å². The van der Waals surface area contributed by atoms with Crippen molar-refractivity contribution in [2.24, 2.45) is 11.1 Å². The Kier molecular flexibility index (Phi) is 2.98. The van der Waals surface area contributed by atoms with Gasteiger partial charge in [-0.15, -0.1) is 0 Å². The number of hydrogen-bond donors (Lipinski definition) is 1. The number of nitrogens with zero attached hydrogens (tertiary/aromatic N) is 1. The van der Waals surface area contributed by atoms with Crippen LogP contribution >= 0.6 is 0 Å². The number of halogens is 3. The third-order valence-electron chi connectivity index (χ3n) is 2.10. The van der Waals surface area contributed by atoms with E-state index in [1.54, 1.807) is 0 Å². The normalized spacial score (nSPS) is 23.6. The molecule has 2 nitrogen and oxygen atoms in total. The van der Waals surface area contributed by atoms with Gasteiger partial charge in [0, 0.05) is 5.57 Å². The highest BCUT2D eigenvalue weighted by atomic mass is 19.4. The Morgan fingerprint density at radius 3 is 2.57 bits per heavy atom. The number of alkyl halides is 3. The van der Waals surface area contributed by atoms with Crippen molar-refractivity contribution in [2.75, 3.05) is 0 Å². The second-order valence-electron chi connectivity index (χ2n) is 3.21. The van der Waals surface area contributed by atoms with Crippen LogP contribution in [0.1, 0.15) is 13.3 Å². The van der Waals surface area contributed by atoms with Crippen LogP contribution in [0.2, 0.25) is 0 Å². The first-order valence-electron chi connectivity index (χ1n) is 4.10. The topological polar surface area (TPSA) is 32.6 Å². The molecule has 0 saturated heterocycles. The molecular weight excluding hydrogens is 195 g/mol. The van der Waals surface area contributed by atoms with Crippen molar-refractivity contribution in [3.63, 3.8) is 0 Å². The molecule has 5 heteroatoms. The van der Waals surface area contributed by atoms with Gasteiger partial charge in [0.25, 0.3) is 0 Å². The van der Waals surface area contributed by atoms with Crippen LogP contribution in [0.4, 0.5) is 13.2 Å². The molecule has 0 fully saturated rings. The van der Waals surface area contributed by atoms with Gasteiger partial charge in [-0.2, -0.15) is 13.2 Å². The lowest BCUT2D eigenvalue weighted by atomic mass is 9.88. The molecule has 0 heterocycles. The third kappa shape index (κ3) is 2.37. The van der Waals surface area contributed by atoms with Gasteiger partial charge in [0.2, 0.25) is 0 Å². The van der Waals surface area contributed by atoms with Crippen LogP contribution in [-0.4, -0.2) is 17.6 Å². The summed E-state index contributed by atoms with van der Waals surface area (Å²) in [6.45, 7) is 1.50. The summed E-state index contributed by atoms with van der Waals surface area (Å²) in [5.41, 5.74) is 0.0561. The highest BCUT2D eigenvalue weighted by molar-refractivity contribution is 5.79. The zero-order chi connectivity index (χ0) is 10.8. The Bertz CT molecular complexity index is 302. The molecule has 0 aromatic carbocycles. The maximum absolute atomic E-state index is 12.3. The molecule has 0 bridgehead atoms. The first kappa shape index (κ1) is 10.8. The van der Waals surface area contributed by atoms with E-state index in [0.29, 0.717) is 5.57 Å². The molecule has 0 spiro atoms. The van der Waals surface area contributed by atoms with Crippen LogP contribution in [0.25, 0.3) is 0 Å². The van der Waals surface area contributed by atoms with E-state index < -0.39 is 17.7 Å². The van der Waals surface area contributed by atoms with Crippen LogP contribution in [-0.2, 0) is 0 Å². The molecule has 1 unspecified atom stereocenters. The van der Waals surface area contributed by atoms with Crippen LogP contribution in [0.15, 0.2) is 28.5 Å². The molecular formula is C9H10F3NO. The largest absolute Gasteiger partial charge is 0.412 e. The summed E-state index contributed by atoms with van der Waals surface area (Å²) in [6.07, 6.45) is -0.513. The second-order valence-corrected chi connectivity index (χ2v) is 3.21. The molecule has 14 heavy (non-hydrogen) atoms. The molecule has 0 radical (unpaired) electrons.